The lowest BCUT2D eigenvalue weighted by atomic mass is 9.98. The maximum Gasteiger partial charge on any atom is 0.297 e. The first-order valence-electron chi connectivity index (χ1n) is 9.98. The monoisotopic (exact) mass is 448 g/mol. The molecule has 0 unspecified atom stereocenters. The van der Waals surface area contributed by atoms with E-state index in [1.54, 1.807) is 38.5 Å². The van der Waals surface area contributed by atoms with Crippen LogP contribution in [-0.4, -0.2) is 25.1 Å². The van der Waals surface area contributed by atoms with Gasteiger partial charge in [0.05, 0.1) is 36.9 Å². The summed E-state index contributed by atoms with van der Waals surface area (Å²) in [5, 5.41) is 2.81. The number of hydrogen-bond acceptors (Lipinski definition) is 7. The molecule has 0 aliphatic carbocycles. The van der Waals surface area contributed by atoms with Gasteiger partial charge in [0.15, 0.2) is 22.1 Å². The Morgan fingerprint density at radius 2 is 1.81 bits per heavy atom. The van der Waals surface area contributed by atoms with Crippen LogP contribution in [0.4, 0.5) is 5.13 Å². The van der Waals surface area contributed by atoms with Crippen molar-refractivity contribution in [2.45, 2.75) is 19.9 Å². The molecule has 0 saturated heterocycles. The average molecular weight is 449 g/mol. The van der Waals surface area contributed by atoms with Crippen LogP contribution in [0.2, 0.25) is 0 Å². The maximum absolute atomic E-state index is 13.6. The number of thiazole rings is 1. The topological polar surface area (TPSA) is 81.9 Å². The molecular weight excluding hydrogens is 428 g/mol. The van der Waals surface area contributed by atoms with Crippen LogP contribution in [0.15, 0.2) is 51.0 Å². The molecule has 0 bridgehead atoms. The Kier molecular flexibility index (Phi) is 4.74. The van der Waals surface area contributed by atoms with Crippen LogP contribution in [0.25, 0.3) is 11.0 Å². The molecule has 0 radical (unpaired) electrons. The van der Waals surface area contributed by atoms with Crippen molar-refractivity contribution in [1.29, 1.82) is 0 Å². The fraction of sp³-hybridized carbons (Fsp3) is 0.208. The fourth-order valence-corrected chi connectivity index (χ4v) is 4.90. The molecule has 0 fully saturated rings. The molecule has 0 spiro atoms. The Morgan fingerprint density at radius 1 is 1.03 bits per heavy atom. The summed E-state index contributed by atoms with van der Waals surface area (Å²) in [6, 6.07) is 10.0. The van der Waals surface area contributed by atoms with Crippen molar-refractivity contribution in [3.05, 3.63) is 80.1 Å². The molecule has 3 heterocycles. The Bertz CT molecular complexity index is 1440. The molecule has 2 aromatic heterocycles. The Hall–Kier alpha value is -3.65. The van der Waals surface area contributed by atoms with Gasteiger partial charge in [0.25, 0.3) is 5.91 Å². The molecule has 4 aromatic rings. The zero-order valence-electron chi connectivity index (χ0n) is 18.0. The second-order valence-electron chi connectivity index (χ2n) is 7.64. The number of nitrogens with zero attached hydrogens (tertiary/aromatic N) is 2. The Labute approximate surface area is 187 Å². The molecule has 5 rings (SSSR count). The number of methoxy groups -OCH3 is 2. The summed E-state index contributed by atoms with van der Waals surface area (Å²) in [4.78, 5) is 33.2. The number of carbonyl (C=O) groups excluding carboxylic acids is 1. The van der Waals surface area contributed by atoms with Crippen LogP contribution < -0.4 is 19.8 Å². The van der Waals surface area contributed by atoms with E-state index in [1.165, 1.54) is 16.2 Å². The largest absolute Gasteiger partial charge is 0.493 e. The number of anilines is 1. The number of aryl methyl sites for hydroxylation is 2. The van der Waals surface area contributed by atoms with E-state index in [-0.39, 0.29) is 11.2 Å². The number of amides is 1. The smallest absolute Gasteiger partial charge is 0.297 e. The SMILES string of the molecule is COc1ccc([C@@H]2c3c(oc4ccc(C)cc4c3=O)C(=O)N2c2nc(C)cs2)cc1OC. The summed E-state index contributed by atoms with van der Waals surface area (Å²) < 4.78 is 16.8. The quantitative estimate of drug-likeness (QED) is 0.453. The summed E-state index contributed by atoms with van der Waals surface area (Å²) in [6.07, 6.45) is 0. The number of ether oxygens (including phenoxy) is 2. The van der Waals surface area contributed by atoms with Gasteiger partial charge < -0.3 is 13.9 Å². The maximum atomic E-state index is 13.6. The summed E-state index contributed by atoms with van der Waals surface area (Å²) >= 11 is 1.34. The van der Waals surface area contributed by atoms with E-state index >= 15 is 0 Å². The van der Waals surface area contributed by atoms with Crippen LogP contribution in [0.5, 0.6) is 11.5 Å². The van der Waals surface area contributed by atoms with Crippen molar-refractivity contribution in [3.8, 4) is 11.5 Å². The number of fused-ring (bicyclic) bond motifs is 2. The Morgan fingerprint density at radius 3 is 2.50 bits per heavy atom. The van der Waals surface area contributed by atoms with Crippen LogP contribution in [-0.2, 0) is 0 Å². The van der Waals surface area contributed by atoms with E-state index in [4.69, 9.17) is 13.9 Å². The summed E-state index contributed by atoms with van der Waals surface area (Å²) in [5.74, 6) is 0.702. The summed E-state index contributed by atoms with van der Waals surface area (Å²) in [6.45, 7) is 3.77. The van der Waals surface area contributed by atoms with Gasteiger partial charge in [0.1, 0.15) is 5.58 Å². The van der Waals surface area contributed by atoms with Crippen molar-refractivity contribution < 1.29 is 18.7 Å². The first-order chi connectivity index (χ1) is 15.4. The third-order valence-electron chi connectivity index (χ3n) is 5.56. The zero-order chi connectivity index (χ0) is 22.6. The second-order valence-corrected chi connectivity index (χ2v) is 8.47. The first kappa shape index (κ1) is 20.3. The molecule has 0 N–H and O–H groups in total. The van der Waals surface area contributed by atoms with Gasteiger partial charge in [-0.05, 0) is 43.7 Å². The number of rotatable bonds is 4. The zero-order valence-corrected chi connectivity index (χ0v) is 18.8. The first-order valence-corrected chi connectivity index (χ1v) is 10.9. The number of carbonyl (C=O) groups is 1. The molecule has 162 valence electrons. The minimum atomic E-state index is -0.705. The molecule has 32 heavy (non-hydrogen) atoms. The predicted molar refractivity (Wildman–Crippen MR) is 122 cm³/mol. The van der Waals surface area contributed by atoms with Gasteiger partial charge in [-0.1, -0.05) is 17.7 Å². The van der Waals surface area contributed by atoms with Gasteiger partial charge >= 0.3 is 0 Å². The Balaban J connectivity index is 1.81. The van der Waals surface area contributed by atoms with E-state index < -0.39 is 11.9 Å². The third kappa shape index (κ3) is 2.98. The molecule has 1 amide bonds. The predicted octanol–water partition coefficient (Wildman–Crippen LogP) is 4.63. The third-order valence-corrected chi connectivity index (χ3v) is 6.52. The highest BCUT2D eigenvalue weighted by Crippen LogP contribution is 2.44. The fourth-order valence-electron chi connectivity index (χ4n) is 4.07. The highest BCUT2D eigenvalue weighted by Gasteiger charge is 2.45. The lowest BCUT2D eigenvalue weighted by molar-refractivity contribution is 0.0971. The molecule has 0 saturated carbocycles. The molecule has 2 aromatic carbocycles. The van der Waals surface area contributed by atoms with Crippen molar-refractivity contribution in [1.82, 2.24) is 4.98 Å². The van der Waals surface area contributed by atoms with E-state index in [0.29, 0.717) is 38.7 Å². The van der Waals surface area contributed by atoms with Crippen molar-refractivity contribution >= 4 is 33.3 Å². The number of benzene rings is 2. The molecule has 1 aliphatic heterocycles. The lowest BCUT2D eigenvalue weighted by Gasteiger charge is -2.23. The van der Waals surface area contributed by atoms with Crippen molar-refractivity contribution in [3.63, 3.8) is 0 Å². The van der Waals surface area contributed by atoms with Crippen LogP contribution >= 0.6 is 11.3 Å². The standard InChI is InChI=1S/C24H20N2O5S/c1-12-5-7-16-15(9-12)21(27)19-20(14-6-8-17(29-3)18(10-14)30-4)26(23(28)22(19)31-16)24-25-13(2)11-32-24/h5-11,20H,1-4H3/t20-/m1/s1. The van der Waals surface area contributed by atoms with E-state index in [2.05, 4.69) is 4.98 Å². The molecule has 7 nitrogen and oxygen atoms in total. The van der Waals surface area contributed by atoms with E-state index in [0.717, 1.165) is 11.3 Å². The van der Waals surface area contributed by atoms with Crippen molar-refractivity contribution in [2.75, 3.05) is 19.1 Å². The molecule has 1 aliphatic rings. The van der Waals surface area contributed by atoms with Crippen LogP contribution in [0.3, 0.4) is 0 Å². The normalized spacial score (nSPS) is 15.3. The number of hydrogen-bond donors (Lipinski definition) is 0. The molecule has 1 atom stereocenters. The van der Waals surface area contributed by atoms with E-state index in [1.807, 2.05) is 31.4 Å². The van der Waals surface area contributed by atoms with E-state index in [9.17, 15) is 9.59 Å². The summed E-state index contributed by atoms with van der Waals surface area (Å²) in [7, 11) is 3.10. The van der Waals surface area contributed by atoms with Crippen LogP contribution in [0.1, 0.15) is 39.0 Å². The molecular formula is C24H20N2O5S. The van der Waals surface area contributed by atoms with Gasteiger partial charge in [-0.2, -0.15) is 0 Å². The van der Waals surface area contributed by atoms with Gasteiger partial charge in [0.2, 0.25) is 5.76 Å². The van der Waals surface area contributed by atoms with Crippen LogP contribution in [0, 0.1) is 13.8 Å². The highest BCUT2D eigenvalue weighted by molar-refractivity contribution is 7.14. The van der Waals surface area contributed by atoms with Gasteiger partial charge in [-0.3, -0.25) is 14.5 Å². The minimum Gasteiger partial charge on any atom is -0.493 e. The number of aromatic nitrogens is 1. The van der Waals surface area contributed by atoms with Gasteiger partial charge in [-0.15, -0.1) is 11.3 Å². The summed E-state index contributed by atoms with van der Waals surface area (Å²) in [5.41, 5.74) is 2.88. The van der Waals surface area contributed by atoms with Gasteiger partial charge in [-0.25, -0.2) is 4.98 Å². The second kappa shape index (κ2) is 7.49. The van der Waals surface area contributed by atoms with Gasteiger partial charge in [0, 0.05) is 5.38 Å². The van der Waals surface area contributed by atoms with Crippen molar-refractivity contribution in [2.24, 2.45) is 0 Å². The average Bonchev–Trinajstić information content (AvgIpc) is 3.34. The minimum absolute atomic E-state index is 0.0407. The highest BCUT2D eigenvalue weighted by atomic mass is 32.1. The lowest BCUT2D eigenvalue weighted by Crippen LogP contribution is -2.29. The molecule has 8 heteroatoms.